The van der Waals surface area contributed by atoms with Crippen LogP contribution in [0, 0.1) is 19.8 Å². The largest absolute Gasteiger partial charge is 0.478 e. The molecule has 0 spiro atoms. The molecule has 1 saturated heterocycles. The summed E-state index contributed by atoms with van der Waals surface area (Å²) in [6.07, 6.45) is 2.29. The number of nitrogens with one attached hydrogen (secondary N) is 1. The Balaban J connectivity index is 2.14. The normalized spacial score (nSPS) is 21.9. The van der Waals surface area contributed by atoms with Gasteiger partial charge >= 0.3 is 5.97 Å². The maximum atomic E-state index is 11.4. The van der Waals surface area contributed by atoms with Crippen LogP contribution in [0.3, 0.4) is 0 Å². The number of pyridine rings is 1. The number of aromatic carboxylic acids is 1. The minimum atomic E-state index is -0.938. The van der Waals surface area contributed by atoms with Gasteiger partial charge in [0.15, 0.2) is 0 Å². The summed E-state index contributed by atoms with van der Waals surface area (Å²) in [4.78, 5) is 15.6. The molecule has 0 aliphatic carbocycles. The van der Waals surface area contributed by atoms with Crippen molar-refractivity contribution in [3.05, 3.63) is 23.0 Å². The Hall–Kier alpha value is -1.62. The van der Waals surface area contributed by atoms with Crippen LogP contribution in [0.4, 0.5) is 5.69 Å². The lowest BCUT2D eigenvalue weighted by Gasteiger charge is -2.19. The second-order valence-electron chi connectivity index (χ2n) is 5.32. The number of aromatic nitrogens is 1. The maximum Gasteiger partial charge on any atom is 0.339 e. The van der Waals surface area contributed by atoms with Gasteiger partial charge < -0.3 is 15.2 Å². The number of nitrogens with zero attached hydrogens (tertiary/aromatic N) is 1. The second-order valence-corrected chi connectivity index (χ2v) is 5.32. The molecule has 2 rings (SSSR count). The van der Waals surface area contributed by atoms with Crippen molar-refractivity contribution in [2.75, 3.05) is 18.5 Å². The summed E-state index contributed by atoms with van der Waals surface area (Å²) in [5.74, 6) is -0.498. The number of anilines is 1. The minimum absolute atomic E-state index is 0.266. The van der Waals surface area contributed by atoms with Crippen molar-refractivity contribution in [1.82, 2.24) is 4.98 Å². The number of carboxylic acids is 1. The van der Waals surface area contributed by atoms with E-state index in [9.17, 15) is 9.90 Å². The SMILES string of the molecule is CCC1OCCC1CNc1cc(C)nc(C)c1C(=O)O. The van der Waals surface area contributed by atoms with Crippen LogP contribution >= 0.6 is 0 Å². The highest BCUT2D eigenvalue weighted by molar-refractivity contribution is 5.95. The van der Waals surface area contributed by atoms with E-state index in [0.717, 1.165) is 31.7 Å². The van der Waals surface area contributed by atoms with E-state index >= 15 is 0 Å². The van der Waals surface area contributed by atoms with Crippen LogP contribution in [0.1, 0.15) is 41.5 Å². The zero-order valence-corrected chi connectivity index (χ0v) is 12.3. The van der Waals surface area contributed by atoms with Gasteiger partial charge in [-0.25, -0.2) is 4.79 Å². The van der Waals surface area contributed by atoms with E-state index in [0.29, 0.717) is 17.3 Å². The molecular formula is C15H22N2O3. The monoisotopic (exact) mass is 278 g/mol. The third-order valence-electron chi connectivity index (χ3n) is 3.85. The Morgan fingerprint density at radius 2 is 2.30 bits per heavy atom. The molecule has 5 heteroatoms. The average Bonchev–Trinajstić information content (AvgIpc) is 2.82. The quantitative estimate of drug-likeness (QED) is 0.866. The van der Waals surface area contributed by atoms with E-state index in [4.69, 9.17) is 4.74 Å². The first-order valence-electron chi connectivity index (χ1n) is 7.10. The van der Waals surface area contributed by atoms with Crippen molar-refractivity contribution in [3.63, 3.8) is 0 Å². The van der Waals surface area contributed by atoms with Crippen molar-refractivity contribution in [1.29, 1.82) is 0 Å². The van der Waals surface area contributed by atoms with E-state index in [1.807, 2.05) is 6.92 Å². The second kappa shape index (κ2) is 6.22. The minimum Gasteiger partial charge on any atom is -0.478 e. The summed E-state index contributed by atoms with van der Waals surface area (Å²) in [7, 11) is 0. The molecular weight excluding hydrogens is 256 g/mol. The lowest BCUT2D eigenvalue weighted by molar-refractivity contribution is 0.0696. The van der Waals surface area contributed by atoms with Crippen molar-refractivity contribution >= 4 is 11.7 Å². The van der Waals surface area contributed by atoms with E-state index < -0.39 is 5.97 Å². The topological polar surface area (TPSA) is 71.5 Å². The summed E-state index contributed by atoms with van der Waals surface area (Å²) < 4.78 is 5.66. The van der Waals surface area contributed by atoms with Crippen molar-refractivity contribution in [3.8, 4) is 0 Å². The molecule has 0 bridgehead atoms. The Morgan fingerprint density at radius 1 is 1.55 bits per heavy atom. The molecule has 1 aromatic heterocycles. The number of rotatable bonds is 5. The first kappa shape index (κ1) is 14.8. The van der Waals surface area contributed by atoms with Gasteiger partial charge in [-0.1, -0.05) is 6.92 Å². The van der Waals surface area contributed by atoms with Gasteiger partial charge in [-0.05, 0) is 32.8 Å². The van der Waals surface area contributed by atoms with Crippen LogP contribution in [0.5, 0.6) is 0 Å². The Kier molecular flexibility index (Phi) is 4.60. The molecule has 110 valence electrons. The zero-order valence-electron chi connectivity index (χ0n) is 12.3. The fourth-order valence-corrected chi connectivity index (χ4v) is 2.86. The molecule has 5 nitrogen and oxygen atoms in total. The van der Waals surface area contributed by atoms with Crippen LogP contribution in [0.25, 0.3) is 0 Å². The lowest BCUT2D eigenvalue weighted by atomic mass is 9.99. The fourth-order valence-electron chi connectivity index (χ4n) is 2.86. The molecule has 2 atom stereocenters. The number of ether oxygens (including phenoxy) is 1. The summed E-state index contributed by atoms with van der Waals surface area (Å²) in [5, 5.41) is 12.6. The Labute approximate surface area is 119 Å². The van der Waals surface area contributed by atoms with Crippen LogP contribution in [0.15, 0.2) is 6.07 Å². The molecule has 0 amide bonds. The van der Waals surface area contributed by atoms with Crippen molar-refractivity contribution in [2.45, 2.75) is 39.7 Å². The van der Waals surface area contributed by atoms with Gasteiger partial charge in [0.25, 0.3) is 0 Å². The van der Waals surface area contributed by atoms with Crippen molar-refractivity contribution in [2.24, 2.45) is 5.92 Å². The zero-order chi connectivity index (χ0) is 14.7. The van der Waals surface area contributed by atoms with Gasteiger partial charge in [-0.3, -0.25) is 4.98 Å². The molecule has 1 aliphatic heterocycles. The number of hydrogen-bond acceptors (Lipinski definition) is 4. The highest BCUT2D eigenvalue weighted by Gasteiger charge is 2.27. The van der Waals surface area contributed by atoms with E-state index in [2.05, 4.69) is 17.2 Å². The summed E-state index contributed by atoms with van der Waals surface area (Å²) in [6.45, 7) is 7.26. The third kappa shape index (κ3) is 3.10. The van der Waals surface area contributed by atoms with Crippen LogP contribution in [0.2, 0.25) is 0 Å². The first-order valence-corrected chi connectivity index (χ1v) is 7.10. The molecule has 20 heavy (non-hydrogen) atoms. The molecule has 0 aromatic carbocycles. The number of hydrogen-bond donors (Lipinski definition) is 2. The van der Waals surface area contributed by atoms with E-state index in [-0.39, 0.29) is 11.7 Å². The Bertz CT molecular complexity index is 502. The van der Waals surface area contributed by atoms with Gasteiger partial charge in [0.1, 0.15) is 5.56 Å². The predicted octanol–water partition coefficient (Wildman–Crippen LogP) is 2.62. The average molecular weight is 278 g/mol. The lowest BCUT2D eigenvalue weighted by Crippen LogP contribution is -2.23. The number of carbonyl (C=O) groups is 1. The van der Waals surface area contributed by atoms with E-state index in [1.54, 1.807) is 13.0 Å². The van der Waals surface area contributed by atoms with Gasteiger partial charge in [-0.2, -0.15) is 0 Å². The van der Waals surface area contributed by atoms with Crippen molar-refractivity contribution < 1.29 is 14.6 Å². The number of carboxylic acid groups (broad SMARTS) is 1. The Morgan fingerprint density at radius 3 is 2.95 bits per heavy atom. The molecule has 2 heterocycles. The fraction of sp³-hybridized carbons (Fsp3) is 0.600. The van der Waals surface area contributed by atoms with Gasteiger partial charge in [-0.15, -0.1) is 0 Å². The summed E-state index contributed by atoms with van der Waals surface area (Å²) >= 11 is 0. The molecule has 1 aromatic rings. The standard InChI is InChI=1S/C15H22N2O3/c1-4-13-11(5-6-20-13)8-16-12-7-9(2)17-10(3)14(12)15(18)19/h7,11,13H,4-6,8H2,1-3H3,(H,16,17)(H,18,19). The summed E-state index contributed by atoms with van der Waals surface area (Å²) in [6, 6.07) is 1.80. The molecule has 2 unspecified atom stereocenters. The summed E-state index contributed by atoms with van der Waals surface area (Å²) in [5.41, 5.74) is 2.30. The van der Waals surface area contributed by atoms with Gasteiger partial charge in [0.05, 0.1) is 17.5 Å². The highest BCUT2D eigenvalue weighted by Crippen LogP contribution is 2.25. The molecule has 0 saturated carbocycles. The molecule has 1 aliphatic rings. The van der Waals surface area contributed by atoms with Gasteiger partial charge in [0.2, 0.25) is 0 Å². The van der Waals surface area contributed by atoms with Crippen LogP contribution in [-0.4, -0.2) is 35.3 Å². The number of aryl methyl sites for hydroxylation is 2. The molecule has 0 radical (unpaired) electrons. The van der Waals surface area contributed by atoms with Crippen LogP contribution in [-0.2, 0) is 4.74 Å². The maximum absolute atomic E-state index is 11.4. The first-order chi connectivity index (χ1) is 9.52. The molecule has 2 N–H and O–H groups in total. The molecule has 1 fully saturated rings. The van der Waals surface area contributed by atoms with Gasteiger partial charge in [0, 0.05) is 24.8 Å². The van der Waals surface area contributed by atoms with E-state index in [1.165, 1.54) is 0 Å². The third-order valence-corrected chi connectivity index (χ3v) is 3.85. The smallest absolute Gasteiger partial charge is 0.339 e. The van der Waals surface area contributed by atoms with Crippen LogP contribution < -0.4 is 5.32 Å². The highest BCUT2D eigenvalue weighted by atomic mass is 16.5. The predicted molar refractivity (Wildman–Crippen MR) is 77.3 cm³/mol.